The summed E-state index contributed by atoms with van der Waals surface area (Å²) in [4.78, 5) is 3.86. The minimum Gasteiger partial charge on any atom is -0.245 e. The summed E-state index contributed by atoms with van der Waals surface area (Å²) in [6.45, 7) is 0.555. The molecule has 0 saturated heterocycles. The van der Waals surface area contributed by atoms with Crippen molar-refractivity contribution in [2.45, 2.75) is 6.54 Å². The number of para-hydroxylation sites is 1. The van der Waals surface area contributed by atoms with E-state index in [0.717, 1.165) is 11.4 Å². The van der Waals surface area contributed by atoms with Crippen molar-refractivity contribution >= 4 is 11.6 Å². The van der Waals surface area contributed by atoms with Crippen molar-refractivity contribution in [1.29, 1.82) is 0 Å². The van der Waals surface area contributed by atoms with Crippen LogP contribution in [0.3, 0.4) is 0 Å². The van der Waals surface area contributed by atoms with Crippen LogP contribution in [0.15, 0.2) is 48.9 Å². The van der Waals surface area contributed by atoms with Crippen molar-refractivity contribution in [3.05, 3.63) is 59.9 Å². The van der Waals surface area contributed by atoms with Gasteiger partial charge in [-0.1, -0.05) is 18.2 Å². The molecule has 0 aliphatic heterocycles. The lowest BCUT2D eigenvalue weighted by atomic mass is 10.3. The summed E-state index contributed by atoms with van der Waals surface area (Å²) in [7, 11) is 0. The first-order valence-electron chi connectivity index (χ1n) is 5.46. The molecule has 0 fully saturated rings. The molecule has 18 heavy (non-hydrogen) atoms. The van der Waals surface area contributed by atoms with Crippen LogP contribution in [-0.2, 0) is 6.54 Å². The highest BCUT2D eigenvalue weighted by Gasteiger charge is 2.03. The standard InChI is InChI=1S/C12H10ClN5/c13-12-14-9-17(16-12)8-10-6-7-18(15-10)11-4-2-1-3-5-11/h1-7,9H,8H2. The molecule has 5 nitrogen and oxygen atoms in total. The van der Waals surface area contributed by atoms with Crippen LogP contribution in [-0.4, -0.2) is 24.5 Å². The zero-order chi connectivity index (χ0) is 12.4. The molecule has 0 aliphatic rings. The van der Waals surface area contributed by atoms with Crippen LogP contribution in [0.4, 0.5) is 0 Å². The molecule has 0 atom stereocenters. The van der Waals surface area contributed by atoms with Crippen molar-refractivity contribution in [2.75, 3.05) is 0 Å². The van der Waals surface area contributed by atoms with Gasteiger partial charge in [-0.25, -0.2) is 14.3 Å². The normalized spacial score (nSPS) is 10.7. The van der Waals surface area contributed by atoms with E-state index in [9.17, 15) is 0 Å². The number of halogens is 1. The van der Waals surface area contributed by atoms with Crippen LogP contribution in [0, 0.1) is 0 Å². The lowest BCUT2D eigenvalue weighted by molar-refractivity contribution is 0.661. The Morgan fingerprint density at radius 3 is 2.61 bits per heavy atom. The fourth-order valence-electron chi connectivity index (χ4n) is 1.68. The molecule has 6 heteroatoms. The van der Waals surface area contributed by atoms with Gasteiger partial charge in [0.05, 0.1) is 17.9 Å². The van der Waals surface area contributed by atoms with Crippen molar-refractivity contribution in [3.8, 4) is 5.69 Å². The van der Waals surface area contributed by atoms with Crippen LogP contribution in [0.5, 0.6) is 0 Å². The maximum absolute atomic E-state index is 5.66. The van der Waals surface area contributed by atoms with Gasteiger partial charge >= 0.3 is 0 Å². The van der Waals surface area contributed by atoms with Crippen LogP contribution in [0.1, 0.15) is 5.69 Å². The Labute approximate surface area is 109 Å². The molecule has 0 spiro atoms. The van der Waals surface area contributed by atoms with Crippen molar-refractivity contribution in [1.82, 2.24) is 24.5 Å². The molecule has 3 aromatic rings. The SMILES string of the molecule is Clc1ncn(Cc2ccn(-c3ccccc3)n2)n1. The third kappa shape index (κ3) is 2.26. The average Bonchev–Trinajstić information content (AvgIpc) is 3.01. The Morgan fingerprint density at radius 1 is 1.06 bits per heavy atom. The van der Waals surface area contributed by atoms with Crippen LogP contribution >= 0.6 is 11.6 Å². The lowest BCUT2D eigenvalue weighted by Gasteiger charge is -2.00. The summed E-state index contributed by atoms with van der Waals surface area (Å²) in [5, 5.41) is 8.73. The van der Waals surface area contributed by atoms with Gasteiger partial charge in [-0.05, 0) is 29.8 Å². The van der Waals surface area contributed by atoms with E-state index in [0.29, 0.717) is 6.54 Å². The Hall–Kier alpha value is -2.14. The smallest absolute Gasteiger partial charge is 0.242 e. The van der Waals surface area contributed by atoms with Gasteiger partial charge in [0.1, 0.15) is 6.33 Å². The number of hydrogen-bond donors (Lipinski definition) is 0. The second-order valence-electron chi connectivity index (χ2n) is 3.80. The molecule has 3 rings (SSSR count). The fourth-order valence-corrected chi connectivity index (χ4v) is 1.83. The molecule has 90 valence electrons. The summed E-state index contributed by atoms with van der Waals surface area (Å²) in [5.74, 6) is 0. The number of nitrogens with zero attached hydrogens (tertiary/aromatic N) is 5. The molecular formula is C12H10ClN5. The predicted molar refractivity (Wildman–Crippen MR) is 67.7 cm³/mol. The highest BCUT2D eigenvalue weighted by molar-refractivity contribution is 6.28. The summed E-state index contributed by atoms with van der Waals surface area (Å²) >= 11 is 5.66. The number of aromatic nitrogens is 5. The Morgan fingerprint density at radius 2 is 1.89 bits per heavy atom. The highest BCUT2D eigenvalue weighted by Crippen LogP contribution is 2.08. The minimum atomic E-state index is 0.248. The van der Waals surface area contributed by atoms with Crippen molar-refractivity contribution in [3.63, 3.8) is 0 Å². The van der Waals surface area contributed by atoms with Gasteiger partial charge < -0.3 is 0 Å². The lowest BCUT2D eigenvalue weighted by Crippen LogP contribution is -2.02. The van der Waals surface area contributed by atoms with Crippen LogP contribution < -0.4 is 0 Å². The zero-order valence-corrected chi connectivity index (χ0v) is 10.2. The molecule has 2 aromatic heterocycles. The van der Waals surface area contributed by atoms with Gasteiger partial charge in [0.15, 0.2) is 0 Å². The molecule has 0 amide bonds. The Kier molecular flexibility index (Phi) is 2.82. The number of benzene rings is 1. The first kappa shape index (κ1) is 11.0. The van der Waals surface area contributed by atoms with E-state index in [1.807, 2.05) is 47.3 Å². The highest BCUT2D eigenvalue weighted by atomic mass is 35.5. The second-order valence-corrected chi connectivity index (χ2v) is 4.14. The van der Waals surface area contributed by atoms with Crippen LogP contribution in [0.25, 0.3) is 5.69 Å². The van der Waals surface area contributed by atoms with E-state index in [1.54, 1.807) is 11.0 Å². The largest absolute Gasteiger partial charge is 0.245 e. The van der Waals surface area contributed by atoms with Gasteiger partial charge in [0.2, 0.25) is 5.28 Å². The van der Waals surface area contributed by atoms with E-state index in [4.69, 9.17) is 11.6 Å². The molecule has 0 radical (unpaired) electrons. The quantitative estimate of drug-likeness (QED) is 0.724. The van der Waals surface area contributed by atoms with E-state index in [2.05, 4.69) is 15.2 Å². The molecular weight excluding hydrogens is 250 g/mol. The molecule has 0 unspecified atom stereocenters. The maximum atomic E-state index is 5.66. The molecule has 2 heterocycles. The third-order valence-corrected chi connectivity index (χ3v) is 2.67. The Bertz CT molecular complexity index is 643. The number of hydrogen-bond acceptors (Lipinski definition) is 3. The second kappa shape index (κ2) is 4.62. The minimum absolute atomic E-state index is 0.248. The monoisotopic (exact) mass is 259 g/mol. The Balaban J connectivity index is 1.82. The number of rotatable bonds is 3. The van der Waals surface area contributed by atoms with Gasteiger partial charge in [-0.2, -0.15) is 5.10 Å². The predicted octanol–water partition coefficient (Wildman–Crippen LogP) is 2.17. The third-order valence-electron chi connectivity index (χ3n) is 2.50. The fraction of sp³-hybridized carbons (Fsp3) is 0.0833. The van der Waals surface area contributed by atoms with Crippen molar-refractivity contribution in [2.24, 2.45) is 0 Å². The first-order valence-corrected chi connectivity index (χ1v) is 5.84. The van der Waals surface area contributed by atoms with Crippen LogP contribution in [0.2, 0.25) is 5.28 Å². The summed E-state index contributed by atoms with van der Waals surface area (Å²) < 4.78 is 3.48. The van der Waals surface area contributed by atoms with Gasteiger partial charge in [-0.3, -0.25) is 0 Å². The zero-order valence-electron chi connectivity index (χ0n) is 9.44. The van der Waals surface area contributed by atoms with Gasteiger partial charge in [0.25, 0.3) is 0 Å². The van der Waals surface area contributed by atoms with Gasteiger partial charge in [0, 0.05) is 6.20 Å². The summed E-state index contributed by atoms with van der Waals surface area (Å²) in [5.41, 5.74) is 1.93. The average molecular weight is 260 g/mol. The maximum Gasteiger partial charge on any atom is 0.242 e. The van der Waals surface area contributed by atoms with E-state index < -0.39 is 0 Å². The van der Waals surface area contributed by atoms with Crippen molar-refractivity contribution < 1.29 is 0 Å². The van der Waals surface area contributed by atoms with E-state index >= 15 is 0 Å². The molecule has 0 saturated carbocycles. The molecule has 0 N–H and O–H groups in total. The topological polar surface area (TPSA) is 48.5 Å². The van der Waals surface area contributed by atoms with E-state index in [1.165, 1.54) is 0 Å². The van der Waals surface area contributed by atoms with Gasteiger partial charge in [-0.15, -0.1) is 5.10 Å². The molecule has 1 aromatic carbocycles. The first-order chi connectivity index (χ1) is 8.81. The summed E-state index contributed by atoms with van der Waals surface area (Å²) in [6, 6.07) is 11.9. The summed E-state index contributed by atoms with van der Waals surface area (Å²) in [6.07, 6.45) is 3.51. The molecule has 0 aliphatic carbocycles. The van der Waals surface area contributed by atoms with E-state index in [-0.39, 0.29) is 5.28 Å². The molecule has 0 bridgehead atoms.